The van der Waals surface area contributed by atoms with Gasteiger partial charge in [0.2, 0.25) is 5.76 Å². The Morgan fingerprint density at radius 3 is 2.71 bits per heavy atom. The van der Waals surface area contributed by atoms with E-state index >= 15 is 0 Å². The SMILES string of the molecule is O=C(O)c1ccc(Nc2ccc(Cl)cc2Br)o1. The van der Waals surface area contributed by atoms with Crippen LogP contribution in [0.15, 0.2) is 39.2 Å². The van der Waals surface area contributed by atoms with Crippen molar-refractivity contribution in [3.05, 3.63) is 45.6 Å². The highest BCUT2D eigenvalue weighted by Crippen LogP contribution is 2.29. The van der Waals surface area contributed by atoms with Gasteiger partial charge in [-0.1, -0.05) is 11.6 Å². The third kappa shape index (κ3) is 2.81. The standard InChI is InChI=1S/C11H7BrClNO3/c12-7-5-6(13)1-2-8(7)14-10-4-3-9(17-10)11(15)16/h1-5,14H,(H,15,16). The summed E-state index contributed by atoms with van der Waals surface area (Å²) in [6, 6.07) is 8.13. The minimum Gasteiger partial charge on any atom is -0.475 e. The Balaban J connectivity index is 2.22. The van der Waals surface area contributed by atoms with Gasteiger partial charge in [-0.25, -0.2) is 4.79 Å². The van der Waals surface area contributed by atoms with Gasteiger partial charge in [0.05, 0.1) is 5.69 Å². The molecule has 2 aromatic rings. The predicted molar refractivity (Wildman–Crippen MR) is 68.1 cm³/mol. The first-order chi connectivity index (χ1) is 8.06. The molecule has 0 amide bonds. The van der Waals surface area contributed by atoms with Crippen molar-refractivity contribution in [1.29, 1.82) is 0 Å². The Morgan fingerprint density at radius 1 is 1.35 bits per heavy atom. The lowest BCUT2D eigenvalue weighted by molar-refractivity contribution is 0.0663. The zero-order valence-corrected chi connectivity index (χ0v) is 10.7. The predicted octanol–water partition coefficient (Wildman–Crippen LogP) is 4.14. The Hall–Kier alpha value is -1.46. The van der Waals surface area contributed by atoms with E-state index in [0.29, 0.717) is 10.9 Å². The quantitative estimate of drug-likeness (QED) is 0.893. The van der Waals surface area contributed by atoms with Crippen LogP contribution in [0.3, 0.4) is 0 Å². The third-order valence-electron chi connectivity index (χ3n) is 2.01. The maximum Gasteiger partial charge on any atom is 0.371 e. The van der Waals surface area contributed by atoms with E-state index in [1.165, 1.54) is 6.07 Å². The first-order valence-electron chi connectivity index (χ1n) is 4.61. The van der Waals surface area contributed by atoms with Crippen molar-refractivity contribution in [3.8, 4) is 0 Å². The van der Waals surface area contributed by atoms with Crippen LogP contribution in [-0.2, 0) is 0 Å². The summed E-state index contributed by atoms with van der Waals surface area (Å²) in [5, 5.41) is 12.3. The van der Waals surface area contributed by atoms with Gasteiger partial charge in [-0.3, -0.25) is 0 Å². The van der Waals surface area contributed by atoms with Gasteiger partial charge in [-0.05, 0) is 40.2 Å². The first-order valence-corrected chi connectivity index (χ1v) is 5.78. The molecule has 0 aliphatic heterocycles. The average molecular weight is 317 g/mol. The van der Waals surface area contributed by atoms with Crippen LogP contribution in [0.2, 0.25) is 5.02 Å². The Morgan fingerprint density at radius 2 is 2.12 bits per heavy atom. The molecule has 4 nitrogen and oxygen atoms in total. The Labute approximate surface area is 110 Å². The van der Waals surface area contributed by atoms with Crippen LogP contribution in [0.1, 0.15) is 10.6 Å². The van der Waals surface area contributed by atoms with E-state index in [0.717, 1.165) is 10.2 Å². The van der Waals surface area contributed by atoms with E-state index in [-0.39, 0.29) is 5.76 Å². The summed E-state index contributed by atoms with van der Waals surface area (Å²) in [4.78, 5) is 10.6. The third-order valence-corrected chi connectivity index (χ3v) is 2.90. The van der Waals surface area contributed by atoms with E-state index in [4.69, 9.17) is 21.1 Å². The van der Waals surface area contributed by atoms with Crippen LogP contribution in [-0.4, -0.2) is 11.1 Å². The molecule has 0 bridgehead atoms. The summed E-state index contributed by atoms with van der Waals surface area (Å²) >= 11 is 9.14. The van der Waals surface area contributed by atoms with Crippen molar-refractivity contribution in [3.63, 3.8) is 0 Å². The average Bonchev–Trinajstić information content (AvgIpc) is 2.71. The lowest BCUT2D eigenvalue weighted by Crippen LogP contribution is -1.93. The normalized spacial score (nSPS) is 10.2. The molecular formula is C11H7BrClNO3. The lowest BCUT2D eigenvalue weighted by atomic mass is 10.3. The van der Waals surface area contributed by atoms with E-state index in [2.05, 4.69) is 21.2 Å². The van der Waals surface area contributed by atoms with Crippen LogP contribution in [0.25, 0.3) is 0 Å². The van der Waals surface area contributed by atoms with E-state index in [1.807, 2.05) is 0 Å². The zero-order valence-electron chi connectivity index (χ0n) is 8.41. The molecule has 1 heterocycles. The molecule has 1 aromatic carbocycles. The van der Waals surface area contributed by atoms with Gasteiger partial charge in [-0.2, -0.15) is 0 Å². The zero-order chi connectivity index (χ0) is 12.4. The largest absolute Gasteiger partial charge is 0.475 e. The molecule has 6 heteroatoms. The van der Waals surface area contributed by atoms with Gasteiger partial charge >= 0.3 is 5.97 Å². The highest BCUT2D eigenvalue weighted by molar-refractivity contribution is 9.10. The number of carboxylic acids is 1. The van der Waals surface area contributed by atoms with Gasteiger partial charge in [0, 0.05) is 15.6 Å². The Bertz CT molecular complexity index is 568. The number of halogens is 2. The maximum absolute atomic E-state index is 10.6. The second-order valence-corrected chi connectivity index (χ2v) is 4.51. The molecule has 0 radical (unpaired) electrons. The van der Waals surface area contributed by atoms with Gasteiger partial charge in [0.25, 0.3) is 0 Å². The number of hydrogen-bond donors (Lipinski definition) is 2. The number of carboxylic acid groups (broad SMARTS) is 1. The highest BCUT2D eigenvalue weighted by Gasteiger charge is 2.09. The summed E-state index contributed by atoms with van der Waals surface area (Å²) < 4.78 is 5.83. The molecule has 17 heavy (non-hydrogen) atoms. The fraction of sp³-hybridized carbons (Fsp3) is 0. The summed E-state index contributed by atoms with van der Waals surface area (Å²) in [7, 11) is 0. The van der Waals surface area contributed by atoms with Crippen LogP contribution in [0, 0.1) is 0 Å². The number of carbonyl (C=O) groups is 1. The number of benzene rings is 1. The number of aromatic carboxylic acids is 1. The minimum atomic E-state index is -1.10. The van der Waals surface area contributed by atoms with Crippen LogP contribution >= 0.6 is 27.5 Å². The summed E-state index contributed by atoms with van der Waals surface area (Å²) in [5.41, 5.74) is 0.737. The maximum atomic E-state index is 10.6. The molecule has 0 saturated heterocycles. The van der Waals surface area contributed by atoms with Crippen molar-refractivity contribution >= 4 is 45.1 Å². The molecule has 0 aliphatic rings. The summed E-state index contributed by atoms with van der Waals surface area (Å²) in [6.07, 6.45) is 0. The number of rotatable bonds is 3. The van der Waals surface area contributed by atoms with Crippen molar-refractivity contribution in [2.24, 2.45) is 0 Å². The fourth-order valence-corrected chi connectivity index (χ4v) is 2.03. The lowest BCUT2D eigenvalue weighted by Gasteiger charge is -2.05. The van der Waals surface area contributed by atoms with Gasteiger partial charge in [0.15, 0.2) is 5.88 Å². The van der Waals surface area contributed by atoms with Crippen molar-refractivity contribution < 1.29 is 14.3 Å². The van der Waals surface area contributed by atoms with Crippen LogP contribution in [0.5, 0.6) is 0 Å². The van der Waals surface area contributed by atoms with Crippen molar-refractivity contribution in [2.75, 3.05) is 5.32 Å². The number of hydrogen-bond acceptors (Lipinski definition) is 3. The van der Waals surface area contributed by atoms with Crippen LogP contribution in [0.4, 0.5) is 11.6 Å². The molecule has 2 N–H and O–H groups in total. The molecule has 88 valence electrons. The monoisotopic (exact) mass is 315 g/mol. The fourth-order valence-electron chi connectivity index (χ4n) is 1.24. The van der Waals surface area contributed by atoms with E-state index < -0.39 is 5.97 Å². The molecular weight excluding hydrogens is 309 g/mol. The second-order valence-electron chi connectivity index (χ2n) is 3.22. The van der Waals surface area contributed by atoms with Gasteiger partial charge in [0.1, 0.15) is 0 Å². The molecule has 0 spiro atoms. The number of nitrogens with one attached hydrogen (secondary N) is 1. The van der Waals surface area contributed by atoms with Gasteiger partial charge < -0.3 is 14.8 Å². The molecule has 0 fully saturated rings. The smallest absolute Gasteiger partial charge is 0.371 e. The second kappa shape index (κ2) is 4.81. The molecule has 0 atom stereocenters. The molecule has 0 unspecified atom stereocenters. The topological polar surface area (TPSA) is 62.5 Å². The number of furan rings is 1. The first kappa shape index (κ1) is 12.0. The summed E-state index contributed by atoms with van der Waals surface area (Å²) in [5.74, 6) is -0.865. The molecule has 0 saturated carbocycles. The highest BCUT2D eigenvalue weighted by atomic mass is 79.9. The van der Waals surface area contributed by atoms with E-state index in [9.17, 15) is 4.79 Å². The molecule has 2 rings (SSSR count). The minimum absolute atomic E-state index is 0.113. The van der Waals surface area contributed by atoms with Crippen molar-refractivity contribution in [1.82, 2.24) is 0 Å². The molecule has 1 aromatic heterocycles. The van der Waals surface area contributed by atoms with Crippen LogP contribution < -0.4 is 5.32 Å². The van der Waals surface area contributed by atoms with Gasteiger partial charge in [-0.15, -0.1) is 0 Å². The van der Waals surface area contributed by atoms with E-state index in [1.54, 1.807) is 24.3 Å². The molecule has 0 aliphatic carbocycles. The number of anilines is 2. The summed E-state index contributed by atoms with van der Waals surface area (Å²) in [6.45, 7) is 0. The van der Waals surface area contributed by atoms with Crippen molar-refractivity contribution in [2.45, 2.75) is 0 Å². The Kier molecular flexibility index (Phi) is 3.40.